The van der Waals surface area contributed by atoms with Gasteiger partial charge in [0.05, 0.1) is 6.04 Å². The zero-order chi connectivity index (χ0) is 13.8. The Morgan fingerprint density at radius 1 is 1.11 bits per heavy atom. The summed E-state index contributed by atoms with van der Waals surface area (Å²) in [4.78, 5) is 0. The van der Waals surface area contributed by atoms with Crippen LogP contribution in [-0.4, -0.2) is 7.05 Å². The molecule has 2 rings (SSSR count). The van der Waals surface area contributed by atoms with Gasteiger partial charge in [0, 0.05) is 4.47 Å². The average Bonchev–Trinajstić information content (AvgIpc) is 2.45. The third-order valence-corrected chi connectivity index (χ3v) is 4.63. The van der Waals surface area contributed by atoms with E-state index in [-0.39, 0.29) is 6.04 Å². The van der Waals surface area contributed by atoms with Crippen LogP contribution >= 0.6 is 15.9 Å². The van der Waals surface area contributed by atoms with E-state index in [9.17, 15) is 0 Å². The van der Waals surface area contributed by atoms with Crippen LogP contribution in [0.5, 0.6) is 0 Å². The van der Waals surface area contributed by atoms with E-state index in [4.69, 9.17) is 0 Å². The Morgan fingerprint density at radius 2 is 1.79 bits per heavy atom. The summed E-state index contributed by atoms with van der Waals surface area (Å²) in [5.74, 6) is 0. The molecule has 2 heteroatoms. The van der Waals surface area contributed by atoms with E-state index in [1.165, 1.54) is 26.7 Å². The fourth-order valence-electron chi connectivity index (χ4n) is 2.34. The maximum Gasteiger partial charge on any atom is 0.0585 e. The second-order valence-electron chi connectivity index (χ2n) is 4.79. The Hall–Kier alpha value is -1.12. The maximum absolute atomic E-state index is 3.71. The molecule has 2 aromatic rings. The van der Waals surface area contributed by atoms with Crippen molar-refractivity contribution >= 4 is 15.9 Å². The van der Waals surface area contributed by atoms with E-state index in [0.29, 0.717) is 0 Å². The summed E-state index contributed by atoms with van der Waals surface area (Å²) in [5, 5.41) is 3.41. The van der Waals surface area contributed by atoms with Gasteiger partial charge in [0.2, 0.25) is 0 Å². The minimum atomic E-state index is 0.222. The smallest absolute Gasteiger partial charge is 0.0585 e. The molecule has 0 saturated heterocycles. The number of rotatable bonds is 4. The normalized spacial score (nSPS) is 12.4. The predicted molar refractivity (Wildman–Crippen MR) is 85.6 cm³/mol. The van der Waals surface area contributed by atoms with Gasteiger partial charge in [-0.25, -0.2) is 0 Å². The Kier molecular flexibility index (Phi) is 4.78. The highest BCUT2D eigenvalue weighted by molar-refractivity contribution is 9.10. The molecule has 0 bridgehead atoms. The average molecular weight is 318 g/mol. The molecule has 0 amide bonds. The molecule has 0 radical (unpaired) electrons. The Bertz CT molecular complexity index is 546. The molecule has 0 spiro atoms. The molecule has 0 fully saturated rings. The molecular formula is C17H20BrN. The molecule has 1 unspecified atom stereocenters. The van der Waals surface area contributed by atoms with E-state index >= 15 is 0 Å². The van der Waals surface area contributed by atoms with E-state index in [2.05, 4.69) is 77.6 Å². The molecule has 2 aromatic carbocycles. The Morgan fingerprint density at radius 3 is 2.37 bits per heavy atom. The van der Waals surface area contributed by atoms with Crippen LogP contribution < -0.4 is 5.32 Å². The summed E-state index contributed by atoms with van der Waals surface area (Å²) < 4.78 is 1.19. The van der Waals surface area contributed by atoms with Gasteiger partial charge in [0.15, 0.2) is 0 Å². The van der Waals surface area contributed by atoms with Gasteiger partial charge < -0.3 is 5.32 Å². The zero-order valence-electron chi connectivity index (χ0n) is 11.7. The van der Waals surface area contributed by atoms with Gasteiger partial charge in [-0.05, 0) is 42.6 Å². The number of hydrogen-bond donors (Lipinski definition) is 1. The second-order valence-corrected chi connectivity index (χ2v) is 5.59. The Labute approximate surface area is 124 Å². The lowest BCUT2D eigenvalue weighted by Crippen LogP contribution is -2.18. The van der Waals surface area contributed by atoms with Crippen LogP contribution in [0, 0.1) is 6.92 Å². The molecule has 0 aliphatic heterocycles. The highest BCUT2D eigenvalue weighted by Gasteiger charge is 2.15. The van der Waals surface area contributed by atoms with E-state index in [1.54, 1.807) is 0 Å². The summed E-state index contributed by atoms with van der Waals surface area (Å²) in [5.41, 5.74) is 5.22. The molecule has 19 heavy (non-hydrogen) atoms. The van der Waals surface area contributed by atoms with Crippen LogP contribution in [0.25, 0.3) is 0 Å². The maximum atomic E-state index is 3.71. The van der Waals surface area contributed by atoms with Crippen LogP contribution in [0.3, 0.4) is 0 Å². The van der Waals surface area contributed by atoms with Crippen molar-refractivity contribution in [2.45, 2.75) is 26.3 Å². The van der Waals surface area contributed by atoms with Crippen LogP contribution in [0.2, 0.25) is 0 Å². The van der Waals surface area contributed by atoms with E-state index in [1.807, 2.05) is 7.05 Å². The van der Waals surface area contributed by atoms with Crippen molar-refractivity contribution in [1.82, 2.24) is 5.32 Å². The van der Waals surface area contributed by atoms with Crippen molar-refractivity contribution in [1.29, 1.82) is 0 Å². The summed E-state index contributed by atoms with van der Waals surface area (Å²) >= 11 is 3.71. The largest absolute Gasteiger partial charge is 0.309 e. The molecule has 0 aliphatic carbocycles. The quantitative estimate of drug-likeness (QED) is 0.867. The van der Waals surface area contributed by atoms with Gasteiger partial charge in [-0.2, -0.15) is 0 Å². The first-order valence-corrected chi connectivity index (χ1v) is 7.47. The van der Waals surface area contributed by atoms with Crippen LogP contribution in [0.15, 0.2) is 46.9 Å². The third-order valence-electron chi connectivity index (χ3n) is 3.54. The second kappa shape index (κ2) is 6.36. The number of hydrogen-bond acceptors (Lipinski definition) is 1. The van der Waals surface area contributed by atoms with Crippen LogP contribution in [0.1, 0.15) is 35.2 Å². The van der Waals surface area contributed by atoms with E-state index in [0.717, 1.165) is 6.42 Å². The summed E-state index contributed by atoms with van der Waals surface area (Å²) in [6, 6.07) is 15.5. The lowest BCUT2D eigenvalue weighted by Gasteiger charge is -2.20. The molecule has 1 atom stereocenters. The van der Waals surface area contributed by atoms with Gasteiger partial charge in [-0.1, -0.05) is 65.3 Å². The topological polar surface area (TPSA) is 12.0 Å². The monoisotopic (exact) mass is 317 g/mol. The minimum absolute atomic E-state index is 0.222. The highest BCUT2D eigenvalue weighted by Crippen LogP contribution is 2.30. The van der Waals surface area contributed by atoms with Crippen molar-refractivity contribution in [3.8, 4) is 0 Å². The molecule has 0 heterocycles. The van der Waals surface area contributed by atoms with Crippen molar-refractivity contribution in [2.75, 3.05) is 7.05 Å². The van der Waals surface area contributed by atoms with Crippen molar-refractivity contribution in [2.24, 2.45) is 0 Å². The standard InChI is InChI=1S/C17H20BrN/c1-4-13-8-10-14(11-9-13)17(19-3)15-7-5-6-12(2)16(15)18/h5-11,17,19H,4H2,1-3H3. The molecule has 1 N–H and O–H groups in total. The first-order valence-electron chi connectivity index (χ1n) is 6.68. The van der Waals surface area contributed by atoms with Crippen molar-refractivity contribution in [3.63, 3.8) is 0 Å². The number of nitrogens with one attached hydrogen (secondary N) is 1. The molecular weight excluding hydrogens is 298 g/mol. The van der Waals surface area contributed by atoms with Gasteiger partial charge in [0.25, 0.3) is 0 Å². The van der Waals surface area contributed by atoms with E-state index < -0.39 is 0 Å². The lowest BCUT2D eigenvalue weighted by atomic mass is 9.96. The SMILES string of the molecule is CCc1ccc(C(NC)c2cccc(C)c2Br)cc1. The zero-order valence-corrected chi connectivity index (χ0v) is 13.3. The van der Waals surface area contributed by atoms with Gasteiger partial charge in [-0.15, -0.1) is 0 Å². The fourth-order valence-corrected chi connectivity index (χ4v) is 2.83. The lowest BCUT2D eigenvalue weighted by molar-refractivity contribution is 0.688. The first-order chi connectivity index (χ1) is 9.17. The van der Waals surface area contributed by atoms with Crippen LogP contribution in [-0.2, 0) is 6.42 Å². The summed E-state index contributed by atoms with van der Waals surface area (Å²) in [6.45, 7) is 4.31. The van der Waals surface area contributed by atoms with Crippen LogP contribution in [0.4, 0.5) is 0 Å². The predicted octanol–water partition coefficient (Wildman–Crippen LogP) is 4.63. The number of benzene rings is 2. The van der Waals surface area contributed by atoms with Gasteiger partial charge in [-0.3, -0.25) is 0 Å². The highest BCUT2D eigenvalue weighted by atomic mass is 79.9. The first kappa shape index (κ1) is 14.3. The Balaban J connectivity index is 2.40. The summed E-state index contributed by atoms with van der Waals surface area (Å²) in [7, 11) is 2.01. The summed E-state index contributed by atoms with van der Waals surface area (Å²) in [6.07, 6.45) is 1.08. The molecule has 1 nitrogen and oxygen atoms in total. The molecule has 0 saturated carbocycles. The van der Waals surface area contributed by atoms with Crippen molar-refractivity contribution < 1.29 is 0 Å². The van der Waals surface area contributed by atoms with Crippen molar-refractivity contribution in [3.05, 3.63) is 69.2 Å². The number of aryl methyl sites for hydroxylation is 2. The van der Waals surface area contributed by atoms with Gasteiger partial charge in [0.1, 0.15) is 0 Å². The molecule has 100 valence electrons. The number of halogens is 1. The fraction of sp³-hybridized carbons (Fsp3) is 0.294. The minimum Gasteiger partial charge on any atom is -0.309 e. The molecule has 0 aromatic heterocycles. The third kappa shape index (κ3) is 3.07. The van der Waals surface area contributed by atoms with Gasteiger partial charge >= 0.3 is 0 Å². The molecule has 0 aliphatic rings.